The number of nitrogens with two attached hydrogens (primary N) is 1. The van der Waals surface area contributed by atoms with E-state index in [0.29, 0.717) is 13.2 Å². The topological polar surface area (TPSA) is 136 Å². The number of nitrogens with zero attached hydrogens (tertiary/aromatic N) is 3. The van der Waals surface area contributed by atoms with E-state index in [0.717, 1.165) is 0 Å². The molecule has 0 radical (unpaired) electrons. The average Bonchev–Trinajstić information content (AvgIpc) is 2.45. The third kappa shape index (κ3) is 5.31. The van der Waals surface area contributed by atoms with Crippen LogP contribution in [0.3, 0.4) is 0 Å². The number of carbonyl (C=O) groups is 1. The predicted octanol–water partition coefficient (Wildman–Crippen LogP) is -1.66. The van der Waals surface area contributed by atoms with Crippen molar-refractivity contribution in [2.45, 2.75) is 0 Å². The molecule has 1 aromatic rings. The maximum atomic E-state index is 11.4. The summed E-state index contributed by atoms with van der Waals surface area (Å²) in [5, 5.41) is 5.37. The molecule has 1 amide bonds. The summed E-state index contributed by atoms with van der Waals surface area (Å²) in [4.78, 5) is 23.1. The number of ether oxygens (including phenoxy) is 2. The van der Waals surface area contributed by atoms with Gasteiger partial charge in [0.25, 0.3) is 0 Å². The van der Waals surface area contributed by atoms with Crippen molar-refractivity contribution in [2.75, 3.05) is 44.7 Å². The van der Waals surface area contributed by atoms with Crippen LogP contribution in [0.2, 0.25) is 0 Å². The molecule has 1 aromatic heterocycles. The van der Waals surface area contributed by atoms with E-state index in [-0.39, 0.29) is 30.4 Å². The summed E-state index contributed by atoms with van der Waals surface area (Å²) in [7, 11) is 2.97. The summed E-state index contributed by atoms with van der Waals surface area (Å²) in [6, 6.07) is 0.0882. The van der Waals surface area contributed by atoms with Gasteiger partial charge < -0.3 is 20.1 Å². The molecule has 10 nitrogen and oxygen atoms in total. The molecule has 0 bridgehead atoms. The fourth-order valence-corrected chi connectivity index (χ4v) is 1.11. The smallest absolute Gasteiger partial charge is 0.322 e. The van der Waals surface area contributed by atoms with Crippen molar-refractivity contribution >= 4 is 17.8 Å². The Bertz CT molecular complexity index is 393. The summed E-state index contributed by atoms with van der Waals surface area (Å²) in [5.41, 5.74) is 2.27. The van der Waals surface area contributed by atoms with Gasteiger partial charge in [0, 0.05) is 13.7 Å². The maximum absolute atomic E-state index is 11.4. The lowest BCUT2D eigenvalue weighted by Gasteiger charge is -2.08. The molecular weight excluding hydrogens is 254 g/mol. The Morgan fingerprint density at radius 1 is 1.26 bits per heavy atom. The van der Waals surface area contributed by atoms with Crippen LogP contribution in [-0.4, -0.2) is 54.8 Å². The monoisotopic (exact) mass is 271 g/mol. The molecule has 0 unspecified atom stereocenters. The molecule has 10 heteroatoms. The maximum Gasteiger partial charge on any atom is 0.322 e. The highest BCUT2D eigenvalue weighted by molar-refractivity contribution is 5.80. The van der Waals surface area contributed by atoms with Gasteiger partial charge in [-0.1, -0.05) is 0 Å². The number of methoxy groups -OCH3 is 2. The van der Waals surface area contributed by atoms with Crippen molar-refractivity contribution in [3.8, 4) is 6.01 Å². The second-order valence-electron chi connectivity index (χ2n) is 3.31. The lowest BCUT2D eigenvalue weighted by molar-refractivity contribution is -0.119. The molecule has 0 atom stereocenters. The number of nitrogen functional groups attached to an aromatic ring is 1. The van der Waals surface area contributed by atoms with Crippen LogP contribution < -0.4 is 26.6 Å². The molecule has 0 aliphatic rings. The van der Waals surface area contributed by atoms with Crippen molar-refractivity contribution in [3.05, 3.63) is 0 Å². The zero-order chi connectivity index (χ0) is 14.1. The molecule has 0 fully saturated rings. The molecule has 1 heterocycles. The lowest BCUT2D eigenvalue weighted by Crippen LogP contribution is -2.32. The van der Waals surface area contributed by atoms with E-state index in [1.807, 2.05) is 0 Å². The van der Waals surface area contributed by atoms with Gasteiger partial charge in [0.15, 0.2) is 0 Å². The van der Waals surface area contributed by atoms with E-state index in [1.165, 1.54) is 7.11 Å². The van der Waals surface area contributed by atoms with Crippen LogP contribution >= 0.6 is 0 Å². The van der Waals surface area contributed by atoms with E-state index in [9.17, 15) is 4.79 Å². The molecular formula is C9H17N7O3. The van der Waals surface area contributed by atoms with Crippen molar-refractivity contribution < 1.29 is 14.3 Å². The van der Waals surface area contributed by atoms with Crippen molar-refractivity contribution in [1.29, 1.82) is 0 Å². The number of amides is 1. The Balaban J connectivity index is 2.50. The molecule has 19 heavy (non-hydrogen) atoms. The zero-order valence-electron chi connectivity index (χ0n) is 10.8. The van der Waals surface area contributed by atoms with Crippen LogP contribution in [0.1, 0.15) is 0 Å². The van der Waals surface area contributed by atoms with E-state index >= 15 is 0 Å². The molecule has 0 aliphatic heterocycles. The quantitative estimate of drug-likeness (QED) is 0.249. The molecule has 106 valence electrons. The van der Waals surface area contributed by atoms with Crippen molar-refractivity contribution in [3.63, 3.8) is 0 Å². The van der Waals surface area contributed by atoms with Crippen LogP contribution in [-0.2, 0) is 9.53 Å². The molecule has 0 aliphatic carbocycles. The standard InChI is InChI=1S/C9H17N7O3/c1-18-4-3-11-6(17)5-12-7-13-8(16-10)15-9(14-7)19-2/h3-5,10H2,1-2H3,(H,11,17)(H2,12,13,14,15,16). The molecule has 1 rings (SSSR count). The zero-order valence-corrected chi connectivity index (χ0v) is 10.8. The van der Waals surface area contributed by atoms with Crippen LogP contribution in [0.25, 0.3) is 0 Å². The normalized spacial score (nSPS) is 9.84. The summed E-state index contributed by atoms with van der Waals surface area (Å²) in [6.07, 6.45) is 0. The van der Waals surface area contributed by atoms with Gasteiger partial charge in [-0.2, -0.15) is 15.0 Å². The summed E-state index contributed by atoms with van der Waals surface area (Å²) < 4.78 is 9.68. The first kappa shape index (κ1) is 14.9. The van der Waals surface area contributed by atoms with Gasteiger partial charge in [-0.25, -0.2) is 5.84 Å². The van der Waals surface area contributed by atoms with Crippen molar-refractivity contribution in [1.82, 2.24) is 20.3 Å². The summed E-state index contributed by atoms with van der Waals surface area (Å²) in [5.74, 6) is 5.31. The third-order valence-corrected chi connectivity index (χ3v) is 1.96. The van der Waals surface area contributed by atoms with Gasteiger partial charge in [-0.05, 0) is 0 Å². The first-order valence-electron chi connectivity index (χ1n) is 5.45. The van der Waals surface area contributed by atoms with Gasteiger partial charge in [-0.3, -0.25) is 10.2 Å². The number of carbonyl (C=O) groups excluding carboxylic acids is 1. The van der Waals surface area contributed by atoms with E-state index in [4.69, 9.17) is 15.3 Å². The van der Waals surface area contributed by atoms with Crippen LogP contribution in [0.15, 0.2) is 0 Å². The number of aromatic nitrogens is 3. The van der Waals surface area contributed by atoms with Gasteiger partial charge in [0.05, 0.1) is 20.3 Å². The predicted molar refractivity (Wildman–Crippen MR) is 67.6 cm³/mol. The minimum Gasteiger partial charge on any atom is -0.467 e. The molecule has 0 spiro atoms. The third-order valence-electron chi connectivity index (χ3n) is 1.96. The fourth-order valence-electron chi connectivity index (χ4n) is 1.11. The Morgan fingerprint density at radius 2 is 2.00 bits per heavy atom. The minimum atomic E-state index is -0.210. The number of anilines is 2. The fraction of sp³-hybridized carbons (Fsp3) is 0.556. The highest BCUT2D eigenvalue weighted by Gasteiger charge is 2.07. The second-order valence-corrected chi connectivity index (χ2v) is 3.31. The first-order chi connectivity index (χ1) is 9.19. The summed E-state index contributed by atoms with van der Waals surface area (Å²) in [6.45, 7) is 0.903. The number of hydrogen-bond acceptors (Lipinski definition) is 9. The average molecular weight is 271 g/mol. The Hall–Kier alpha value is -2.20. The number of hydrogen-bond donors (Lipinski definition) is 4. The molecule has 0 saturated heterocycles. The molecule has 0 aromatic carbocycles. The highest BCUT2D eigenvalue weighted by atomic mass is 16.5. The molecule has 5 N–H and O–H groups in total. The number of nitrogens with one attached hydrogen (secondary N) is 3. The van der Waals surface area contributed by atoms with Gasteiger partial charge >= 0.3 is 6.01 Å². The highest BCUT2D eigenvalue weighted by Crippen LogP contribution is 2.09. The largest absolute Gasteiger partial charge is 0.467 e. The first-order valence-corrected chi connectivity index (χ1v) is 5.45. The van der Waals surface area contributed by atoms with Crippen molar-refractivity contribution in [2.24, 2.45) is 5.84 Å². The van der Waals surface area contributed by atoms with Crippen LogP contribution in [0.4, 0.5) is 11.9 Å². The van der Waals surface area contributed by atoms with E-state index in [2.05, 4.69) is 31.0 Å². The SMILES string of the molecule is COCCNC(=O)CNc1nc(NN)nc(OC)n1. The Kier molecular flexibility index (Phi) is 6.26. The van der Waals surface area contributed by atoms with E-state index < -0.39 is 0 Å². The molecule has 0 saturated carbocycles. The van der Waals surface area contributed by atoms with Gasteiger partial charge in [-0.15, -0.1) is 0 Å². The Morgan fingerprint density at radius 3 is 2.63 bits per heavy atom. The van der Waals surface area contributed by atoms with Gasteiger partial charge in [0.2, 0.25) is 17.8 Å². The van der Waals surface area contributed by atoms with Crippen LogP contribution in [0.5, 0.6) is 6.01 Å². The summed E-state index contributed by atoms with van der Waals surface area (Å²) >= 11 is 0. The Labute approximate surface area is 110 Å². The van der Waals surface area contributed by atoms with Crippen LogP contribution in [0, 0.1) is 0 Å². The number of hydrazine groups is 1. The lowest BCUT2D eigenvalue weighted by atomic mass is 10.5. The van der Waals surface area contributed by atoms with Gasteiger partial charge in [0.1, 0.15) is 0 Å². The number of rotatable bonds is 8. The minimum absolute atomic E-state index is 0.0148. The second kappa shape index (κ2) is 8.00. The van der Waals surface area contributed by atoms with E-state index in [1.54, 1.807) is 7.11 Å².